The minimum atomic E-state index is -0.353. The molecule has 3 rings (SSSR count). The summed E-state index contributed by atoms with van der Waals surface area (Å²) in [5.74, 6) is 0.322. The third-order valence-electron chi connectivity index (χ3n) is 4.67. The van der Waals surface area contributed by atoms with Crippen LogP contribution < -0.4 is 15.7 Å². The summed E-state index contributed by atoms with van der Waals surface area (Å²) in [5, 5.41) is 3.70. The van der Waals surface area contributed by atoms with E-state index in [0.717, 1.165) is 22.9 Å². The van der Waals surface area contributed by atoms with E-state index in [4.69, 9.17) is 9.15 Å². The van der Waals surface area contributed by atoms with Crippen LogP contribution in [-0.2, 0) is 11.2 Å². The van der Waals surface area contributed by atoms with Crippen LogP contribution in [0.25, 0.3) is 11.0 Å². The molecule has 0 unspecified atom stereocenters. The van der Waals surface area contributed by atoms with Crippen LogP contribution in [0.5, 0.6) is 5.75 Å². The number of nitrogens with zero attached hydrogens (tertiary/aromatic N) is 1. The Morgan fingerprint density at radius 2 is 1.81 bits per heavy atom. The lowest BCUT2D eigenvalue weighted by molar-refractivity contribution is -0.123. The highest BCUT2D eigenvalue weighted by atomic mass is 16.5. The molecule has 1 N–H and O–H groups in total. The highest BCUT2D eigenvalue weighted by Gasteiger charge is 2.13. The molecule has 0 saturated heterocycles. The molecule has 2 aromatic heterocycles. The molecular formula is C21H22N2O4. The summed E-state index contributed by atoms with van der Waals surface area (Å²) in [6.07, 6.45) is 4.18. The Balaban J connectivity index is 1.63. The van der Waals surface area contributed by atoms with E-state index in [1.807, 2.05) is 32.0 Å². The highest BCUT2D eigenvalue weighted by molar-refractivity contribution is 5.85. The minimum absolute atomic E-state index is 0.0994. The first kappa shape index (κ1) is 18.6. The number of hydrogen-bond acceptors (Lipinski definition) is 5. The molecule has 2 heterocycles. The number of pyridine rings is 1. The Hall–Kier alpha value is -3.15. The summed E-state index contributed by atoms with van der Waals surface area (Å²) in [5.41, 5.74) is 3.45. The standard InChI is InChI=1S/C21H22N2O4/c1-13-14(2)21(25)27-20-15(3)18(5-4-17(13)20)26-12-19(24)23-11-8-16-6-9-22-10-7-16/h4-7,9-10H,8,11-12H2,1-3H3,(H,23,24). The average molecular weight is 366 g/mol. The molecule has 1 amide bonds. The molecule has 0 aliphatic heterocycles. The van der Waals surface area contributed by atoms with E-state index in [-0.39, 0.29) is 18.1 Å². The molecule has 27 heavy (non-hydrogen) atoms. The maximum atomic E-state index is 12.0. The van der Waals surface area contributed by atoms with Crippen molar-refractivity contribution >= 4 is 16.9 Å². The lowest BCUT2D eigenvalue weighted by atomic mass is 10.0. The predicted molar refractivity (Wildman–Crippen MR) is 103 cm³/mol. The molecule has 1 aromatic carbocycles. The first-order chi connectivity index (χ1) is 13.0. The van der Waals surface area contributed by atoms with Crippen molar-refractivity contribution in [1.82, 2.24) is 10.3 Å². The maximum absolute atomic E-state index is 12.0. The second-order valence-electron chi connectivity index (χ2n) is 6.45. The van der Waals surface area contributed by atoms with Crippen molar-refractivity contribution in [1.29, 1.82) is 0 Å². The maximum Gasteiger partial charge on any atom is 0.339 e. The molecule has 3 aromatic rings. The van der Waals surface area contributed by atoms with E-state index >= 15 is 0 Å². The zero-order valence-corrected chi connectivity index (χ0v) is 15.7. The summed E-state index contributed by atoms with van der Waals surface area (Å²) in [7, 11) is 0. The number of aryl methyl sites for hydroxylation is 2. The first-order valence-electron chi connectivity index (χ1n) is 8.79. The van der Waals surface area contributed by atoms with Crippen LogP contribution in [0, 0.1) is 20.8 Å². The van der Waals surface area contributed by atoms with Crippen molar-refractivity contribution < 1.29 is 13.9 Å². The van der Waals surface area contributed by atoms with Gasteiger partial charge in [-0.25, -0.2) is 4.79 Å². The van der Waals surface area contributed by atoms with E-state index in [0.29, 0.717) is 29.0 Å². The van der Waals surface area contributed by atoms with Gasteiger partial charge in [-0.3, -0.25) is 9.78 Å². The van der Waals surface area contributed by atoms with Crippen LogP contribution in [0.15, 0.2) is 45.9 Å². The fourth-order valence-corrected chi connectivity index (χ4v) is 2.87. The number of aromatic nitrogens is 1. The van der Waals surface area contributed by atoms with Crippen LogP contribution in [0.3, 0.4) is 0 Å². The quantitative estimate of drug-likeness (QED) is 0.679. The molecular weight excluding hydrogens is 344 g/mol. The molecule has 0 aliphatic rings. The molecule has 0 fully saturated rings. The summed E-state index contributed by atoms with van der Waals surface area (Å²) in [4.78, 5) is 27.9. The Kier molecular flexibility index (Phi) is 5.54. The molecule has 6 nitrogen and oxygen atoms in total. The Morgan fingerprint density at radius 3 is 2.56 bits per heavy atom. The predicted octanol–water partition coefficient (Wildman–Crippen LogP) is 2.85. The Labute approximate surface area is 157 Å². The van der Waals surface area contributed by atoms with Crippen molar-refractivity contribution in [3.63, 3.8) is 0 Å². The molecule has 140 valence electrons. The van der Waals surface area contributed by atoms with E-state index in [2.05, 4.69) is 10.3 Å². The topological polar surface area (TPSA) is 81.4 Å². The zero-order chi connectivity index (χ0) is 19.4. The number of nitrogens with one attached hydrogen (secondary N) is 1. The molecule has 6 heteroatoms. The van der Waals surface area contributed by atoms with Crippen molar-refractivity contribution in [2.75, 3.05) is 13.2 Å². The Morgan fingerprint density at radius 1 is 1.07 bits per heavy atom. The smallest absolute Gasteiger partial charge is 0.339 e. The third-order valence-corrected chi connectivity index (χ3v) is 4.67. The largest absolute Gasteiger partial charge is 0.483 e. The van der Waals surface area contributed by atoms with Gasteiger partial charge in [0.15, 0.2) is 6.61 Å². The van der Waals surface area contributed by atoms with Crippen LogP contribution in [0.1, 0.15) is 22.3 Å². The summed E-state index contributed by atoms with van der Waals surface area (Å²) in [6.45, 7) is 5.88. The highest BCUT2D eigenvalue weighted by Crippen LogP contribution is 2.29. The van der Waals surface area contributed by atoms with Crippen molar-refractivity contribution in [2.24, 2.45) is 0 Å². The van der Waals surface area contributed by atoms with Gasteiger partial charge >= 0.3 is 5.63 Å². The van der Waals surface area contributed by atoms with Crippen molar-refractivity contribution in [2.45, 2.75) is 27.2 Å². The van der Waals surface area contributed by atoms with E-state index in [9.17, 15) is 9.59 Å². The zero-order valence-electron chi connectivity index (χ0n) is 15.7. The van der Waals surface area contributed by atoms with Gasteiger partial charge in [-0.15, -0.1) is 0 Å². The van der Waals surface area contributed by atoms with Gasteiger partial charge < -0.3 is 14.5 Å². The summed E-state index contributed by atoms with van der Waals surface area (Å²) >= 11 is 0. The van der Waals surface area contributed by atoms with Gasteiger partial charge in [-0.1, -0.05) is 0 Å². The van der Waals surface area contributed by atoms with Gasteiger partial charge in [-0.05, 0) is 62.6 Å². The first-order valence-corrected chi connectivity index (χ1v) is 8.79. The second-order valence-corrected chi connectivity index (χ2v) is 6.45. The second kappa shape index (κ2) is 8.03. The van der Waals surface area contributed by atoms with Gasteiger partial charge in [0.05, 0.1) is 0 Å². The van der Waals surface area contributed by atoms with Gasteiger partial charge in [0.1, 0.15) is 11.3 Å². The number of hydrogen-bond donors (Lipinski definition) is 1. The number of benzene rings is 1. The SMILES string of the molecule is Cc1c(C)c2ccc(OCC(=O)NCCc3ccncc3)c(C)c2oc1=O. The average Bonchev–Trinajstić information content (AvgIpc) is 2.67. The number of carbonyl (C=O) groups excluding carboxylic acids is 1. The number of amides is 1. The van der Waals surface area contributed by atoms with Crippen LogP contribution in [0.2, 0.25) is 0 Å². The summed E-state index contributed by atoms with van der Waals surface area (Å²) < 4.78 is 11.1. The number of rotatable bonds is 6. The number of ether oxygens (including phenoxy) is 1. The van der Waals surface area contributed by atoms with Gasteiger partial charge in [0.2, 0.25) is 0 Å². The van der Waals surface area contributed by atoms with Crippen LogP contribution in [-0.4, -0.2) is 24.0 Å². The molecule has 0 radical (unpaired) electrons. The monoisotopic (exact) mass is 366 g/mol. The fourth-order valence-electron chi connectivity index (χ4n) is 2.87. The molecule has 0 bridgehead atoms. The lowest BCUT2D eigenvalue weighted by Crippen LogP contribution is -2.30. The van der Waals surface area contributed by atoms with Crippen molar-refractivity contribution in [3.8, 4) is 5.75 Å². The number of carbonyl (C=O) groups is 1. The molecule has 0 saturated carbocycles. The van der Waals surface area contributed by atoms with Crippen molar-refractivity contribution in [3.05, 3.63) is 69.3 Å². The number of fused-ring (bicyclic) bond motifs is 1. The Bertz CT molecular complexity index is 1030. The lowest BCUT2D eigenvalue weighted by Gasteiger charge is -2.12. The molecule has 0 atom stereocenters. The molecule has 0 spiro atoms. The van der Waals surface area contributed by atoms with Gasteiger partial charge in [-0.2, -0.15) is 0 Å². The van der Waals surface area contributed by atoms with Crippen LogP contribution in [0.4, 0.5) is 0 Å². The third kappa shape index (κ3) is 4.16. The van der Waals surface area contributed by atoms with Crippen LogP contribution >= 0.6 is 0 Å². The van der Waals surface area contributed by atoms with E-state index < -0.39 is 0 Å². The fraction of sp³-hybridized carbons (Fsp3) is 0.286. The summed E-state index contributed by atoms with van der Waals surface area (Å²) in [6, 6.07) is 7.48. The minimum Gasteiger partial charge on any atom is -0.483 e. The van der Waals surface area contributed by atoms with E-state index in [1.54, 1.807) is 25.4 Å². The molecule has 0 aliphatic carbocycles. The van der Waals surface area contributed by atoms with Gasteiger partial charge in [0.25, 0.3) is 5.91 Å². The normalized spacial score (nSPS) is 10.8. The van der Waals surface area contributed by atoms with Gasteiger partial charge in [0, 0.05) is 35.5 Å². The van der Waals surface area contributed by atoms with E-state index in [1.165, 1.54) is 0 Å².